The van der Waals surface area contributed by atoms with E-state index in [1.54, 1.807) is 0 Å². The Hall–Kier alpha value is -2.59. The molecule has 26 heavy (non-hydrogen) atoms. The molecule has 0 aliphatic carbocycles. The molecule has 2 N–H and O–H groups in total. The first-order valence-electron chi connectivity index (χ1n) is 7.17. The Kier molecular flexibility index (Phi) is 6.39. The highest BCUT2D eigenvalue weighted by atomic mass is 19.4. The van der Waals surface area contributed by atoms with Crippen molar-refractivity contribution >= 4 is 17.7 Å². The molecular weight excluding hydrogens is 367 g/mol. The van der Waals surface area contributed by atoms with Gasteiger partial charge < -0.3 is 10.5 Å². The molecular formula is C15H15F5N2O4. The van der Waals surface area contributed by atoms with Crippen LogP contribution >= 0.6 is 0 Å². The molecule has 1 rings (SSSR count). The maximum Gasteiger partial charge on any atom is 0.434 e. The number of Topliss-reactive ketones (excluding diaryl/α,β-unsaturated/α-hetero) is 1. The molecule has 0 fully saturated rings. The van der Waals surface area contributed by atoms with Crippen molar-refractivity contribution in [3.63, 3.8) is 0 Å². The number of methoxy groups -OCH3 is 1. The van der Waals surface area contributed by atoms with Gasteiger partial charge in [-0.1, -0.05) is 13.8 Å². The number of nitrogens with zero attached hydrogens (tertiary/aromatic N) is 1. The Morgan fingerprint density at radius 1 is 1.15 bits per heavy atom. The van der Waals surface area contributed by atoms with Gasteiger partial charge in [-0.15, -0.1) is 0 Å². The molecule has 0 aliphatic rings. The smallest absolute Gasteiger partial charge is 0.434 e. The minimum absolute atomic E-state index is 0.399. The number of ketones is 1. The third-order valence-electron chi connectivity index (χ3n) is 3.26. The van der Waals surface area contributed by atoms with Crippen LogP contribution in [0.2, 0.25) is 0 Å². The molecule has 0 unspecified atom stereocenters. The predicted octanol–water partition coefficient (Wildman–Crippen LogP) is 2.69. The van der Waals surface area contributed by atoms with Gasteiger partial charge in [-0.05, 0) is 17.9 Å². The normalized spacial score (nSPS) is 11.8. The summed E-state index contributed by atoms with van der Waals surface area (Å²) in [6.45, 7) is 3.02. The van der Waals surface area contributed by atoms with Crippen molar-refractivity contribution in [1.29, 1.82) is 0 Å². The average molecular weight is 382 g/mol. The van der Waals surface area contributed by atoms with Crippen molar-refractivity contribution in [2.45, 2.75) is 32.9 Å². The lowest BCUT2D eigenvalue weighted by molar-refractivity contribution is -0.141. The summed E-state index contributed by atoms with van der Waals surface area (Å²) < 4.78 is 70.9. The predicted molar refractivity (Wildman–Crippen MR) is 77.6 cm³/mol. The second-order valence-corrected chi connectivity index (χ2v) is 5.66. The number of esters is 1. The van der Waals surface area contributed by atoms with Gasteiger partial charge in [0.15, 0.2) is 5.69 Å². The molecule has 0 bridgehead atoms. The maximum atomic E-state index is 13.3. The number of halogens is 5. The van der Waals surface area contributed by atoms with E-state index in [9.17, 15) is 36.3 Å². The Morgan fingerprint density at radius 3 is 2.04 bits per heavy atom. The lowest BCUT2D eigenvalue weighted by Gasteiger charge is -2.21. The van der Waals surface area contributed by atoms with Crippen LogP contribution in [0.25, 0.3) is 0 Å². The van der Waals surface area contributed by atoms with Crippen LogP contribution in [0, 0.1) is 5.92 Å². The first-order valence-corrected chi connectivity index (χ1v) is 7.17. The average Bonchev–Trinajstić information content (AvgIpc) is 2.50. The molecule has 0 saturated carbocycles. The largest absolute Gasteiger partial charge is 0.465 e. The van der Waals surface area contributed by atoms with Crippen molar-refractivity contribution in [3.05, 3.63) is 28.1 Å². The van der Waals surface area contributed by atoms with Crippen molar-refractivity contribution in [2.24, 2.45) is 11.7 Å². The summed E-state index contributed by atoms with van der Waals surface area (Å²) in [4.78, 5) is 37.9. The number of alkyl halides is 5. The van der Waals surface area contributed by atoms with Crippen LogP contribution in [0.15, 0.2) is 0 Å². The number of pyridine rings is 1. The van der Waals surface area contributed by atoms with Gasteiger partial charge >= 0.3 is 12.1 Å². The molecule has 0 atom stereocenters. The number of rotatable bonds is 6. The van der Waals surface area contributed by atoms with E-state index in [-0.39, 0.29) is 0 Å². The van der Waals surface area contributed by atoms with Crippen LogP contribution in [-0.2, 0) is 22.1 Å². The number of primary amides is 1. The zero-order valence-corrected chi connectivity index (χ0v) is 13.9. The second kappa shape index (κ2) is 7.75. The van der Waals surface area contributed by atoms with Crippen LogP contribution in [0.5, 0.6) is 0 Å². The van der Waals surface area contributed by atoms with Crippen LogP contribution < -0.4 is 5.73 Å². The third-order valence-corrected chi connectivity index (χ3v) is 3.26. The highest BCUT2D eigenvalue weighted by Gasteiger charge is 2.43. The number of aromatic nitrogens is 1. The van der Waals surface area contributed by atoms with E-state index in [2.05, 4.69) is 9.72 Å². The Morgan fingerprint density at radius 2 is 1.69 bits per heavy atom. The number of carbonyl (C=O) groups excluding carboxylic acids is 3. The highest BCUT2D eigenvalue weighted by Crippen LogP contribution is 2.37. The summed E-state index contributed by atoms with van der Waals surface area (Å²) in [5.41, 5.74) is -1.69. The number of hydrogen-bond donors (Lipinski definition) is 1. The fraction of sp³-hybridized carbons (Fsp3) is 0.467. The Bertz CT molecular complexity index is 745. The lowest BCUT2D eigenvalue weighted by atomic mass is 9.89. The van der Waals surface area contributed by atoms with Crippen molar-refractivity contribution in [2.75, 3.05) is 7.11 Å². The van der Waals surface area contributed by atoms with E-state index in [1.165, 1.54) is 13.8 Å². The molecule has 0 aromatic carbocycles. The summed E-state index contributed by atoms with van der Waals surface area (Å²) in [7, 11) is 0.823. The molecule has 144 valence electrons. The van der Waals surface area contributed by atoms with Gasteiger partial charge in [0.2, 0.25) is 0 Å². The van der Waals surface area contributed by atoms with Gasteiger partial charge in [0.05, 0.1) is 18.2 Å². The monoisotopic (exact) mass is 382 g/mol. The zero-order valence-electron chi connectivity index (χ0n) is 13.9. The summed E-state index contributed by atoms with van der Waals surface area (Å²) >= 11 is 0. The summed E-state index contributed by atoms with van der Waals surface area (Å²) in [5, 5.41) is 0. The minimum atomic E-state index is -5.34. The van der Waals surface area contributed by atoms with Crippen LogP contribution in [-0.4, -0.2) is 29.8 Å². The summed E-state index contributed by atoms with van der Waals surface area (Å²) in [6, 6.07) is 0. The topological polar surface area (TPSA) is 99.3 Å². The fourth-order valence-electron chi connectivity index (χ4n) is 2.33. The summed E-state index contributed by atoms with van der Waals surface area (Å²) in [6.07, 6.45) is -9.30. The van der Waals surface area contributed by atoms with E-state index in [0.717, 1.165) is 7.11 Å². The van der Waals surface area contributed by atoms with Crippen molar-refractivity contribution in [3.8, 4) is 0 Å². The van der Waals surface area contributed by atoms with Gasteiger partial charge in [-0.3, -0.25) is 9.59 Å². The standard InChI is InChI=1S/C15H15F5N2O4/c1-5(2)4-6-7(14(25)26-3)9(12(16)17)22-11(15(18,19)20)8(6)10(23)13(21)24/h5,12H,4H2,1-3H3,(H2,21,24). The lowest BCUT2D eigenvalue weighted by Crippen LogP contribution is -2.31. The SMILES string of the molecule is COC(=O)c1c(C(F)F)nc(C(F)(F)F)c(C(=O)C(N)=O)c1CC(C)C. The quantitative estimate of drug-likeness (QED) is 0.353. The van der Waals surface area contributed by atoms with Crippen molar-refractivity contribution < 1.29 is 41.1 Å². The van der Waals surface area contributed by atoms with E-state index in [4.69, 9.17) is 5.73 Å². The number of nitrogens with two attached hydrogens (primary N) is 1. The first-order chi connectivity index (χ1) is 11.8. The van der Waals surface area contributed by atoms with Gasteiger partial charge in [0.25, 0.3) is 18.1 Å². The second-order valence-electron chi connectivity index (χ2n) is 5.66. The Labute approximate surface area is 144 Å². The Balaban J connectivity index is 4.13. The van der Waals surface area contributed by atoms with Gasteiger partial charge in [-0.25, -0.2) is 18.6 Å². The maximum absolute atomic E-state index is 13.3. The molecule has 1 amide bonds. The molecule has 0 spiro atoms. The summed E-state index contributed by atoms with van der Waals surface area (Å²) in [5.74, 6) is -5.41. The number of carbonyl (C=O) groups is 3. The van der Waals surface area contributed by atoms with E-state index in [1.807, 2.05) is 0 Å². The molecule has 1 aromatic rings. The third kappa shape index (κ3) is 4.33. The fourth-order valence-corrected chi connectivity index (χ4v) is 2.33. The van der Waals surface area contributed by atoms with E-state index >= 15 is 0 Å². The molecule has 0 radical (unpaired) electrons. The molecule has 1 heterocycles. The molecule has 6 nitrogen and oxygen atoms in total. The van der Waals surface area contributed by atoms with Crippen LogP contribution in [0.1, 0.15) is 57.9 Å². The first kappa shape index (κ1) is 21.5. The molecule has 11 heteroatoms. The number of ether oxygens (including phenoxy) is 1. The molecule has 1 aromatic heterocycles. The van der Waals surface area contributed by atoms with E-state index in [0.29, 0.717) is 0 Å². The van der Waals surface area contributed by atoms with Crippen LogP contribution in [0.4, 0.5) is 22.0 Å². The van der Waals surface area contributed by atoms with E-state index < -0.39 is 70.7 Å². The van der Waals surface area contributed by atoms with Gasteiger partial charge in [-0.2, -0.15) is 13.2 Å². The molecule has 0 aliphatic heterocycles. The van der Waals surface area contributed by atoms with Crippen LogP contribution in [0.3, 0.4) is 0 Å². The van der Waals surface area contributed by atoms with Gasteiger partial charge in [0.1, 0.15) is 5.69 Å². The van der Waals surface area contributed by atoms with Crippen molar-refractivity contribution in [1.82, 2.24) is 4.98 Å². The number of hydrogen-bond acceptors (Lipinski definition) is 5. The minimum Gasteiger partial charge on any atom is -0.465 e. The molecule has 0 saturated heterocycles. The highest BCUT2D eigenvalue weighted by molar-refractivity contribution is 6.43. The van der Waals surface area contributed by atoms with Gasteiger partial charge in [0, 0.05) is 0 Å². The number of amides is 1. The zero-order chi connectivity index (χ0) is 20.4.